The molecule has 322 valence electrons. The third kappa shape index (κ3) is 8.66. The van der Waals surface area contributed by atoms with Crippen molar-refractivity contribution in [2.24, 2.45) is 0 Å². The van der Waals surface area contributed by atoms with Crippen LogP contribution in [-0.4, -0.2) is 75.4 Å². The number of carboxylic acid groups (broad SMARTS) is 1. The Kier molecular flexibility index (Phi) is 12.7. The number of aromatic carboxylic acids is 1. The monoisotopic (exact) mass is 899 g/mol. The zero-order valence-electron chi connectivity index (χ0n) is 34.5. The van der Waals surface area contributed by atoms with Gasteiger partial charge < -0.3 is 34.6 Å². The molecule has 4 aromatic rings. The second-order valence-electron chi connectivity index (χ2n) is 14.9. The van der Waals surface area contributed by atoms with Crippen molar-refractivity contribution in [3.8, 4) is 50.7 Å². The summed E-state index contributed by atoms with van der Waals surface area (Å²) in [7, 11) is 7.60. The predicted octanol–water partition coefficient (Wildman–Crippen LogP) is 7.47. The first-order chi connectivity index (χ1) is 30.6. The molecule has 0 atom stereocenters. The Labute approximate surface area is 373 Å². The number of phenols is 1. The van der Waals surface area contributed by atoms with Gasteiger partial charge in [-0.1, -0.05) is 35.3 Å². The molecular weight excluding hydrogens is 863 g/mol. The van der Waals surface area contributed by atoms with Crippen molar-refractivity contribution in [2.45, 2.75) is 0 Å². The number of anilines is 1. The normalized spacial score (nSPS) is 10.9. The van der Waals surface area contributed by atoms with Crippen molar-refractivity contribution >= 4 is 74.8 Å². The Hall–Kier alpha value is -7.77. The van der Waals surface area contributed by atoms with Crippen molar-refractivity contribution in [1.29, 1.82) is 0 Å². The molecule has 14 nitrogen and oxygen atoms in total. The average molecular weight is 901 g/mol. The summed E-state index contributed by atoms with van der Waals surface area (Å²) in [5.41, 5.74) is 4.79. The van der Waals surface area contributed by atoms with Crippen molar-refractivity contribution in [3.05, 3.63) is 145 Å². The van der Waals surface area contributed by atoms with E-state index >= 15 is 0 Å². The molecule has 64 heavy (non-hydrogen) atoms. The lowest BCUT2D eigenvalue weighted by Gasteiger charge is -2.21. The predicted molar refractivity (Wildman–Crippen MR) is 243 cm³/mol. The van der Waals surface area contributed by atoms with Crippen LogP contribution in [0, 0.1) is 0 Å². The number of phenolic OH excluding ortho intramolecular Hbond substituents is 1. The van der Waals surface area contributed by atoms with E-state index in [1.165, 1.54) is 24.3 Å². The Bertz CT molecular complexity index is 3270. The third-order valence-electron chi connectivity index (χ3n) is 10.5. The minimum atomic E-state index is -1.38. The lowest BCUT2D eigenvalue weighted by atomic mass is 9.89. The van der Waals surface area contributed by atoms with Crippen LogP contribution in [0.15, 0.2) is 117 Å². The van der Waals surface area contributed by atoms with E-state index in [9.17, 15) is 29.4 Å². The van der Waals surface area contributed by atoms with Crippen molar-refractivity contribution in [3.63, 3.8) is 0 Å². The van der Waals surface area contributed by atoms with Crippen LogP contribution in [0.5, 0.6) is 5.75 Å². The smallest absolute Gasteiger partial charge is 0.373 e. The van der Waals surface area contributed by atoms with E-state index in [0.29, 0.717) is 55.7 Å². The van der Waals surface area contributed by atoms with Gasteiger partial charge in [-0.2, -0.15) is 9.59 Å². The summed E-state index contributed by atoms with van der Waals surface area (Å²) in [6.07, 6.45) is 0.250. The van der Waals surface area contributed by atoms with E-state index in [1.54, 1.807) is 42.5 Å². The van der Waals surface area contributed by atoms with Crippen LogP contribution >= 0.6 is 23.2 Å². The fraction of sp³-hybridized carbons (Fsp3) is 0.125. The molecule has 16 heteroatoms. The van der Waals surface area contributed by atoms with Gasteiger partial charge in [-0.05, 0) is 66.2 Å². The zero-order chi connectivity index (χ0) is 46.0. The molecule has 2 aliphatic heterocycles. The number of hydrogen-bond donors (Lipinski definition) is 4. The number of rotatable bonds is 9. The van der Waals surface area contributed by atoms with E-state index < -0.39 is 17.8 Å². The molecule has 0 bridgehead atoms. The van der Waals surface area contributed by atoms with Gasteiger partial charge in [0.25, 0.3) is 11.8 Å². The highest BCUT2D eigenvalue weighted by Crippen LogP contribution is 2.47. The van der Waals surface area contributed by atoms with E-state index in [0.717, 1.165) is 22.2 Å². The van der Waals surface area contributed by atoms with E-state index in [-0.39, 0.29) is 57.2 Å². The third-order valence-corrected chi connectivity index (χ3v) is 11.1. The molecule has 4 N–H and O–H groups in total. The molecule has 0 radical (unpaired) electrons. The van der Waals surface area contributed by atoms with Crippen LogP contribution in [0.1, 0.15) is 31.1 Å². The Morgan fingerprint density at radius 2 is 1.31 bits per heavy atom. The number of nitrogens with zero attached hydrogens (tertiary/aromatic N) is 2. The number of carbonyl (C=O) groups is 3. The zero-order valence-corrected chi connectivity index (χ0v) is 36.1. The van der Waals surface area contributed by atoms with Gasteiger partial charge in [0, 0.05) is 101 Å². The highest BCUT2D eigenvalue weighted by atomic mass is 35.5. The topological polar surface area (TPSA) is 199 Å². The van der Waals surface area contributed by atoms with Gasteiger partial charge in [0.1, 0.15) is 42.5 Å². The van der Waals surface area contributed by atoms with Gasteiger partial charge in [0.15, 0.2) is 5.43 Å². The number of hydrogen-bond acceptors (Lipinski definition) is 10. The first kappa shape index (κ1) is 44.3. The van der Waals surface area contributed by atoms with Gasteiger partial charge in [-0.15, -0.1) is 0 Å². The Balaban J connectivity index is 0.00000199. The molecule has 0 saturated carbocycles. The summed E-state index contributed by atoms with van der Waals surface area (Å²) in [6, 6.07) is 28.6. The lowest BCUT2D eigenvalue weighted by molar-refractivity contribution is -0.191. The van der Waals surface area contributed by atoms with Crippen LogP contribution in [0.2, 0.25) is 10.0 Å². The number of amides is 2. The summed E-state index contributed by atoms with van der Waals surface area (Å²) >= 11 is 13.8. The van der Waals surface area contributed by atoms with Crippen molar-refractivity contribution in [2.75, 3.05) is 46.2 Å². The quantitative estimate of drug-likeness (QED) is 0.0637. The molecule has 2 heterocycles. The molecule has 0 saturated heterocycles. The van der Waals surface area contributed by atoms with Crippen LogP contribution in [0.4, 0.5) is 5.69 Å². The van der Waals surface area contributed by atoms with Crippen molar-refractivity contribution < 1.29 is 43.0 Å². The van der Waals surface area contributed by atoms with E-state index in [2.05, 4.69) is 10.6 Å². The fourth-order valence-electron chi connectivity index (χ4n) is 7.44. The van der Waals surface area contributed by atoms with Gasteiger partial charge in [0.05, 0.1) is 27.2 Å². The molecule has 0 fully saturated rings. The van der Waals surface area contributed by atoms with Gasteiger partial charge >= 0.3 is 12.1 Å². The standard InChI is InChI=1S/C47H36Cl2N4O8.CO2/c1-52(2)26-9-13-32-36(19-26)60-37-20-27(53(3)4)10-14-33(37)41(32)42-35(48)23-34(44(49)43(42)47(58)59)46(57)51-18-17-50-45(56)25-7-5-24(6-8-25)40-30-15-11-28(54)21-38(30)61-39-22-29(55)12-16-31(39)40;2-1-3/h5-16,19-23H,17-18H2,1-4H3,(H3-,50,51,54,55,56,57,58,59);/p+1. The van der Waals surface area contributed by atoms with Crippen LogP contribution < -0.4 is 30.9 Å². The molecule has 4 aliphatic rings. The number of carboxylic acids is 1. The number of nitrogens with one attached hydrogen (secondary N) is 2. The van der Waals surface area contributed by atoms with Gasteiger partial charge in [-0.25, -0.2) is 9.37 Å². The van der Waals surface area contributed by atoms with Crippen LogP contribution in [-0.2, 0) is 9.59 Å². The first-order valence-corrected chi connectivity index (χ1v) is 20.2. The summed E-state index contributed by atoms with van der Waals surface area (Å²) < 4.78 is 14.2. The number of aromatic hydroxyl groups is 1. The van der Waals surface area contributed by atoms with Crippen LogP contribution in [0.25, 0.3) is 66.8 Å². The number of fused-ring (bicyclic) bond motifs is 4. The molecule has 0 unspecified atom stereocenters. The van der Waals surface area contributed by atoms with Gasteiger partial charge in [-0.3, -0.25) is 14.4 Å². The summed E-state index contributed by atoms with van der Waals surface area (Å²) in [5, 5.41) is 28.0. The molecule has 8 rings (SSSR count). The molecular formula is C48H37Cl2N4O10+. The minimum absolute atomic E-state index is 0.00920. The summed E-state index contributed by atoms with van der Waals surface area (Å²) in [5.74, 6) is -1.61. The fourth-order valence-corrected chi connectivity index (χ4v) is 8.05. The molecule has 4 aromatic carbocycles. The van der Waals surface area contributed by atoms with E-state index in [1.807, 2.05) is 74.1 Å². The SMILES string of the molecule is CN(C)c1ccc2c(-c3c(Cl)cc(C(=O)NCCNC(=O)c4ccc(-c5c6ccc(=O)cc-6oc6cc(O)ccc56)cc4)c(Cl)c3C(=O)O)c3ccc(=[N+](C)C)cc-3oc2c1.O=C=O. The largest absolute Gasteiger partial charge is 0.508 e. The molecule has 0 aromatic heterocycles. The highest BCUT2D eigenvalue weighted by molar-refractivity contribution is 6.41. The maximum Gasteiger partial charge on any atom is 0.373 e. The lowest BCUT2D eigenvalue weighted by Crippen LogP contribution is -2.35. The maximum atomic E-state index is 13.6. The first-order valence-electron chi connectivity index (χ1n) is 19.4. The summed E-state index contributed by atoms with van der Waals surface area (Å²) in [4.78, 5) is 70.0. The highest BCUT2D eigenvalue weighted by Gasteiger charge is 2.30. The molecule has 0 spiro atoms. The molecule has 2 amide bonds. The Morgan fingerprint density at radius 3 is 1.97 bits per heavy atom. The number of halogens is 2. The van der Waals surface area contributed by atoms with E-state index in [4.69, 9.17) is 41.6 Å². The minimum Gasteiger partial charge on any atom is -0.508 e. The maximum absolute atomic E-state index is 13.6. The average Bonchev–Trinajstić information content (AvgIpc) is 3.26. The second kappa shape index (κ2) is 18.3. The molecule has 2 aliphatic carbocycles. The van der Waals surface area contributed by atoms with Crippen LogP contribution in [0.3, 0.4) is 0 Å². The summed E-state index contributed by atoms with van der Waals surface area (Å²) in [6.45, 7) is 0.0199. The number of benzene rings is 6. The number of carbonyl (C=O) groups excluding carboxylic acids is 4. The Morgan fingerprint density at radius 1 is 0.719 bits per heavy atom. The second-order valence-corrected chi connectivity index (χ2v) is 15.7. The van der Waals surface area contributed by atoms with Gasteiger partial charge in [0.2, 0.25) is 5.36 Å². The van der Waals surface area contributed by atoms with Crippen molar-refractivity contribution in [1.82, 2.24) is 15.2 Å².